The van der Waals surface area contributed by atoms with Gasteiger partial charge < -0.3 is 10.2 Å². The molecular formula is C11H17NO5. The summed E-state index contributed by atoms with van der Waals surface area (Å²) < 4.78 is 0. The van der Waals surface area contributed by atoms with Gasteiger partial charge in [0.15, 0.2) is 5.76 Å². The van der Waals surface area contributed by atoms with Crippen molar-refractivity contribution in [2.45, 2.75) is 32.1 Å². The van der Waals surface area contributed by atoms with Crippen molar-refractivity contribution in [2.75, 3.05) is 6.54 Å². The Hall–Kier alpha value is -1.59. The van der Waals surface area contributed by atoms with Crippen LogP contribution in [0.2, 0.25) is 0 Å². The molecule has 0 aromatic rings. The lowest BCUT2D eigenvalue weighted by Crippen LogP contribution is -2.24. The summed E-state index contributed by atoms with van der Waals surface area (Å²) in [7, 11) is 0. The number of nitrogens with zero attached hydrogens (tertiary/aromatic N) is 1. The summed E-state index contributed by atoms with van der Waals surface area (Å²) in [6.07, 6.45) is 6.00. The zero-order valence-electron chi connectivity index (χ0n) is 9.54. The van der Waals surface area contributed by atoms with Gasteiger partial charge in [-0.05, 0) is 24.8 Å². The Morgan fingerprint density at radius 1 is 1.35 bits per heavy atom. The molecule has 17 heavy (non-hydrogen) atoms. The molecule has 1 aliphatic carbocycles. The Morgan fingerprint density at radius 2 is 1.94 bits per heavy atom. The van der Waals surface area contributed by atoms with Crippen molar-refractivity contribution in [3.63, 3.8) is 0 Å². The van der Waals surface area contributed by atoms with Crippen LogP contribution in [0.4, 0.5) is 0 Å². The summed E-state index contributed by atoms with van der Waals surface area (Å²) in [6.45, 7) is -0.317. The minimum absolute atomic E-state index is 0.107. The largest absolute Gasteiger partial charge is 0.502 e. The van der Waals surface area contributed by atoms with Gasteiger partial charge >= 0.3 is 5.97 Å². The second kappa shape index (κ2) is 6.22. The average molecular weight is 243 g/mol. The van der Waals surface area contributed by atoms with E-state index in [0.29, 0.717) is 0 Å². The molecule has 6 nitrogen and oxygen atoms in total. The Labute approximate surface area is 99.1 Å². The van der Waals surface area contributed by atoms with Crippen molar-refractivity contribution < 1.29 is 19.9 Å². The second-order valence-corrected chi connectivity index (χ2v) is 4.43. The molecule has 0 saturated heterocycles. The van der Waals surface area contributed by atoms with Gasteiger partial charge in [-0.3, -0.25) is 10.1 Å². The molecular weight excluding hydrogens is 226 g/mol. The summed E-state index contributed by atoms with van der Waals surface area (Å²) in [6, 6.07) is 0. The molecule has 0 bridgehead atoms. The maximum absolute atomic E-state index is 10.6. The fourth-order valence-corrected chi connectivity index (χ4v) is 2.35. The Kier molecular flexibility index (Phi) is 4.93. The number of hydrogen-bond acceptors (Lipinski definition) is 4. The van der Waals surface area contributed by atoms with Crippen molar-refractivity contribution in [1.82, 2.24) is 0 Å². The normalized spacial score (nSPS) is 19.9. The lowest BCUT2D eigenvalue weighted by molar-refractivity contribution is -0.487. The minimum Gasteiger partial charge on any atom is -0.502 e. The molecule has 0 aromatic heterocycles. The topological polar surface area (TPSA) is 101 Å². The molecule has 0 radical (unpaired) electrons. The predicted molar refractivity (Wildman–Crippen MR) is 60.3 cm³/mol. The number of nitro groups is 1. The van der Waals surface area contributed by atoms with Crippen molar-refractivity contribution in [3.8, 4) is 0 Å². The van der Waals surface area contributed by atoms with Gasteiger partial charge in [0, 0.05) is 10.8 Å². The lowest BCUT2D eigenvalue weighted by Gasteiger charge is -2.25. The van der Waals surface area contributed by atoms with E-state index in [2.05, 4.69) is 0 Å². The van der Waals surface area contributed by atoms with Crippen LogP contribution in [-0.2, 0) is 4.79 Å². The Bertz CT molecular complexity index is 320. The number of aliphatic hydroxyl groups is 1. The van der Waals surface area contributed by atoms with Gasteiger partial charge in [0.1, 0.15) is 0 Å². The van der Waals surface area contributed by atoms with E-state index < -0.39 is 22.6 Å². The highest BCUT2D eigenvalue weighted by atomic mass is 16.6. The molecule has 1 rings (SSSR count). The summed E-state index contributed by atoms with van der Waals surface area (Å²) in [5.41, 5.74) is 0. The monoisotopic (exact) mass is 243 g/mol. The highest BCUT2D eigenvalue weighted by Crippen LogP contribution is 2.31. The minimum atomic E-state index is -1.44. The van der Waals surface area contributed by atoms with Gasteiger partial charge in [-0.25, -0.2) is 4.79 Å². The maximum atomic E-state index is 10.6. The summed E-state index contributed by atoms with van der Waals surface area (Å²) >= 11 is 0. The van der Waals surface area contributed by atoms with Crippen LogP contribution in [0, 0.1) is 22.0 Å². The zero-order valence-corrected chi connectivity index (χ0v) is 9.54. The van der Waals surface area contributed by atoms with Gasteiger partial charge in [0.2, 0.25) is 6.54 Å². The number of carbonyl (C=O) groups is 1. The van der Waals surface area contributed by atoms with E-state index in [0.717, 1.165) is 38.2 Å². The molecule has 1 saturated carbocycles. The molecule has 0 spiro atoms. The highest BCUT2D eigenvalue weighted by Gasteiger charge is 2.27. The molecule has 6 heteroatoms. The standard InChI is InChI=1S/C11H17NO5/c13-10(11(14)15)6-9(7-12(16)17)8-4-2-1-3-5-8/h6,8-9,13H,1-5,7H2,(H,14,15). The number of aliphatic carboxylic acids is 1. The Balaban J connectivity index is 2.75. The van der Waals surface area contributed by atoms with E-state index in [9.17, 15) is 20.0 Å². The zero-order chi connectivity index (χ0) is 12.8. The third kappa shape index (κ3) is 4.42. The molecule has 1 aliphatic rings. The molecule has 0 heterocycles. The quantitative estimate of drug-likeness (QED) is 0.333. The van der Waals surface area contributed by atoms with Gasteiger partial charge in [-0.15, -0.1) is 0 Å². The average Bonchev–Trinajstić information content (AvgIpc) is 2.28. The molecule has 1 fully saturated rings. The summed E-state index contributed by atoms with van der Waals surface area (Å²) in [4.78, 5) is 20.6. The first-order valence-corrected chi connectivity index (χ1v) is 5.76. The van der Waals surface area contributed by atoms with Crippen LogP contribution in [0.3, 0.4) is 0 Å². The highest BCUT2D eigenvalue weighted by molar-refractivity contribution is 5.83. The lowest BCUT2D eigenvalue weighted by atomic mass is 9.79. The van der Waals surface area contributed by atoms with Crippen LogP contribution in [-0.4, -0.2) is 27.7 Å². The molecule has 2 N–H and O–H groups in total. The van der Waals surface area contributed by atoms with Gasteiger partial charge in [-0.1, -0.05) is 19.3 Å². The number of carboxylic acids is 1. The predicted octanol–water partition coefficient (Wildman–Crippen LogP) is 1.99. The van der Waals surface area contributed by atoms with Gasteiger partial charge in [0.25, 0.3) is 0 Å². The van der Waals surface area contributed by atoms with Crippen LogP contribution < -0.4 is 0 Å². The third-order valence-electron chi connectivity index (χ3n) is 3.21. The van der Waals surface area contributed by atoms with Crippen LogP contribution in [0.25, 0.3) is 0 Å². The number of carboxylic acid groups (broad SMARTS) is 1. The third-order valence-corrected chi connectivity index (χ3v) is 3.21. The molecule has 96 valence electrons. The molecule has 0 amide bonds. The first kappa shape index (κ1) is 13.5. The van der Waals surface area contributed by atoms with Crippen molar-refractivity contribution in [1.29, 1.82) is 0 Å². The van der Waals surface area contributed by atoms with E-state index in [4.69, 9.17) is 5.11 Å². The van der Waals surface area contributed by atoms with E-state index >= 15 is 0 Å². The second-order valence-electron chi connectivity index (χ2n) is 4.43. The van der Waals surface area contributed by atoms with Crippen molar-refractivity contribution in [2.24, 2.45) is 11.8 Å². The van der Waals surface area contributed by atoms with E-state index in [-0.39, 0.29) is 12.5 Å². The van der Waals surface area contributed by atoms with Crippen molar-refractivity contribution >= 4 is 5.97 Å². The summed E-state index contributed by atoms with van der Waals surface area (Å²) in [5.74, 6) is -2.60. The first-order chi connectivity index (χ1) is 8.00. The summed E-state index contributed by atoms with van der Waals surface area (Å²) in [5, 5.41) is 28.3. The van der Waals surface area contributed by atoms with Gasteiger partial charge in [-0.2, -0.15) is 0 Å². The van der Waals surface area contributed by atoms with E-state index in [1.807, 2.05) is 0 Å². The van der Waals surface area contributed by atoms with Crippen LogP contribution in [0.15, 0.2) is 11.8 Å². The fraction of sp³-hybridized carbons (Fsp3) is 0.727. The number of hydrogen-bond donors (Lipinski definition) is 2. The van der Waals surface area contributed by atoms with E-state index in [1.54, 1.807) is 0 Å². The Morgan fingerprint density at radius 3 is 2.41 bits per heavy atom. The maximum Gasteiger partial charge on any atom is 0.370 e. The van der Waals surface area contributed by atoms with Crippen LogP contribution >= 0.6 is 0 Å². The first-order valence-electron chi connectivity index (χ1n) is 5.76. The molecule has 1 unspecified atom stereocenters. The fourth-order valence-electron chi connectivity index (χ4n) is 2.35. The van der Waals surface area contributed by atoms with Gasteiger partial charge in [0.05, 0.1) is 0 Å². The van der Waals surface area contributed by atoms with Crippen LogP contribution in [0.1, 0.15) is 32.1 Å². The molecule has 0 aliphatic heterocycles. The number of aliphatic hydroxyl groups excluding tert-OH is 1. The number of rotatable bonds is 5. The molecule has 0 aromatic carbocycles. The SMILES string of the molecule is O=C(O)C(O)=CC(C[N+](=O)[O-])C1CCCCC1. The van der Waals surface area contributed by atoms with E-state index in [1.165, 1.54) is 0 Å². The van der Waals surface area contributed by atoms with Crippen LogP contribution in [0.5, 0.6) is 0 Å². The smallest absolute Gasteiger partial charge is 0.370 e. The van der Waals surface area contributed by atoms with Crippen molar-refractivity contribution in [3.05, 3.63) is 21.9 Å². The molecule has 1 atom stereocenters.